The van der Waals surface area contributed by atoms with Crippen LogP contribution >= 0.6 is 0 Å². The maximum absolute atomic E-state index is 13.2. The molecule has 2 aromatic carbocycles. The van der Waals surface area contributed by atoms with Gasteiger partial charge in [-0.3, -0.25) is 5.10 Å². The van der Waals surface area contributed by atoms with E-state index < -0.39 is 0 Å². The third kappa shape index (κ3) is 2.42. The zero-order chi connectivity index (χ0) is 13.2. The average molecular weight is 255 g/mol. The lowest BCUT2D eigenvalue weighted by Gasteiger charge is -2.07. The fourth-order valence-corrected chi connectivity index (χ4v) is 2.07. The van der Waals surface area contributed by atoms with Crippen molar-refractivity contribution in [3.8, 4) is 0 Å². The van der Waals surface area contributed by atoms with E-state index in [2.05, 4.69) is 15.5 Å². The Morgan fingerprint density at radius 1 is 1.21 bits per heavy atom. The van der Waals surface area contributed by atoms with E-state index in [4.69, 9.17) is 0 Å². The van der Waals surface area contributed by atoms with E-state index in [1.807, 2.05) is 24.3 Å². The van der Waals surface area contributed by atoms with Gasteiger partial charge in [-0.05, 0) is 42.3 Å². The molecule has 0 atom stereocenters. The van der Waals surface area contributed by atoms with Crippen molar-refractivity contribution in [3.63, 3.8) is 0 Å². The lowest BCUT2D eigenvalue weighted by molar-refractivity contribution is 0.617. The molecule has 96 valence electrons. The third-order valence-corrected chi connectivity index (χ3v) is 3.16. The molecule has 0 saturated carbocycles. The molecule has 3 rings (SSSR count). The molecule has 4 heteroatoms. The molecule has 0 amide bonds. The van der Waals surface area contributed by atoms with Gasteiger partial charge in [-0.25, -0.2) is 4.39 Å². The zero-order valence-corrected chi connectivity index (χ0v) is 10.6. The molecule has 0 unspecified atom stereocenters. The van der Waals surface area contributed by atoms with Crippen LogP contribution in [0.25, 0.3) is 10.9 Å². The van der Waals surface area contributed by atoms with Gasteiger partial charge in [0.1, 0.15) is 5.82 Å². The number of nitrogens with zero attached hydrogens (tertiary/aromatic N) is 1. The van der Waals surface area contributed by atoms with Gasteiger partial charge >= 0.3 is 0 Å². The van der Waals surface area contributed by atoms with Crippen LogP contribution in [0, 0.1) is 12.7 Å². The highest BCUT2D eigenvalue weighted by Gasteiger charge is 2.01. The molecule has 0 spiro atoms. The van der Waals surface area contributed by atoms with Crippen LogP contribution in [0.1, 0.15) is 11.1 Å². The summed E-state index contributed by atoms with van der Waals surface area (Å²) in [6, 6.07) is 11.2. The second-order valence-electron chi connectivity index (χ2n) is 4.61. The number of benzene rings is 2. The van der Waals surface area contributed by atoms with Gasteiger partial charge in [0.15, 0.2) is 0 Å². The number of hydrogen-bond donors (Lipinski definition) is 2. The first-order valence-electron chi connectivity index (χ1n) is 6.14. The topological polar surface area (TPSA) is 40.7 Å². The van der Waals surface area contributed by atoms with Gasteiger partial charge in [-0.2, -0.15) is 5.10 Å². The van der Waals surface area contributed by atoms with Gasteiger partial charge in [0.25, 0.3) is 0 Å². The number of rotatable bonds is 3. The van der Waals surface area contributed by atoms with E-state index in [0.29, 0.717) is 12.1 Å². The number of halogens is 1. The minimum atomic E-state index is -0.164. The van der Waals surface area contributed by atoms with Crippen LogP contribution in [0.5, 0.6) is 0 Å². The number of aromatic amines is 1. The number of hydrogen-bond acceptors (Lipinski definition) is 2. The number of nitrogens with one attached hydrogen (secondary N) is 2. The van der Waals surface area contributed by atoms with Crippen molar-refractivity contribution < 1.29 is 4.39 Å². The minimum Gasteiger partial charge on any atom is -0.381 e. The molecule has 1 heterocycles. The third-order valence-electron chi connectivity index (χ3n) is 3.16. The Morgan fingerprint density at radius 2 is 2.11 bits per heavy atom. The molecule has 1 aromatic heterocycles. The van der Waals surface area contributed by atoms with E-state index in [1.54, 1.807) is 19.2 Å². The molecule has 0 aliphatic heterocycles. The lowest BCUT2D eigenvalue weighted by atomic mass is 10.1. The summed E-state index contributed by atoms with van der Waals surface area (Å²) in [6.07, 6.45) is 1.79. The molecule has 0 aliphatic carbocycles. The molecule has 3 nitrogen and oxygen atoms in total. The normalized spacial score (nSPS) is 10.8. The Morgan fingerprint density at radius 3 is 2.95 bits per heavy atom. The average Bonchev–Trinajstić information content (AvgIpc) is 2.87. The second kappa shape index (κ2) is 4.72. The lowest BCUT2D eigenvalue weighted by Crippen LogP contribution is -2.00. The van der Waals surface area contributed by atoms with Gasteiger partial charge < -0.3 is 5.32 Å². The number of H-pyrrole nitrogens is 1. The van der Waals surface area contributed by atoms with Crippen LogP contribution in [-0.4, -0.2) is 10.2 Å². The first-order chi connectivity index (χ1) is 9.22. The number of aromatic nitrogens is 2. The number of fused-ring (bicyclic) bond motifs is 1. The van der Waals surface area contributed by atoms with Crippen molar-refractivity contribution in [1.29, 1.82) is 0 Å². The summed E-state index contributed by atoms with van der Waals surface area (Å²) in [7, 11) is 0. The number of anilines is 1. The van der Waals surface area contributed by atoms with Crippen molar-refractivity contribution in [3.05, 3.63) is 59.5 Å². The Labute approximate surface area is 110 Å². The van der Waals surface area contributed by atoms with E-state index in [-0.39, 0.29) is 5.82 Å². The molecule has 3 aromatic rings. The number of aryl methyl sites for hydroxylation is 1. The monoisotopic (exact) mass is 255 g/mol. The fourth-order valence-electron chi connectivity index (χ4n) is 2.07. The Kier molecular flexibility index (Phi) is 2.91. The summed E-state index contributed by atoms with van der Waals surface area (Å²) in [5, 5.41) is 11.3. The molecule has 0 aliphatic rings. The van der Waals surface area contributed by atoms with Crippen LogP contribution in [0.4, 0.5) is 10.1 Å². The standard InChI is InChI=1S/C15H14FN3/c1-10-6-11(2-5-14(10)16)8-17-13-4-3-12-9-18-19-15(12)7-13/h2-7,9,17H,8H2,1H3,(H,18,19). The molecule has 0 saturated heterocycles. The maximum atomic E-state index is 13.2. The van der Waals surface area contributed by atoms with Crippen molar-refractivity contribution in [2.75, 3.05) is 5.32 Å². The van der Waals surface area contributed by atoms with Gasteiger partial charge in [0.05, 0.1) is 11.7 Å². The first-order valence-corrected chi connectivity index (χ1v) is 6.14. The van der Waals surface area contributed by atoms with E-state index in [1.165, 1.54) is 6.07 Å². The Bertz CT molecular complexity index is 718. The molecule has 0 fully saturated rings. The quantitative estimate of drug-likeness (QED) is 0.750. The summed E-state index contributed by atoms with van der Waals surface area (Å²) >= 11 is 0. The second-order valence-corrected chi connectivity index (χ2v) is 4.61. The smallest absolute Gasteiger partial charge is 0.126 e. The molecule has 2 N–H and O–H groups in total. The van der Waals surface area contributed by atoms with E-state index in [9.17, 15) is 4.39 Å². The molecule has 0 bridgehead atoms. The highest BCUT2D eigenvalue weighted by molar-refractivity contribution is 5.81. The summed E-state index contributed by atoms with van der Waals surface area (Å²) in [5.41, 5.74) is 3.74. The van der Waals surface area contributed by atoms with Crippen LogP contribution in [0.3, 0.4) is 0 Å². The van der Waals surface area contributed by atoms with Gasteiger partial charge in [0.2, 0.25) is 0 Å². The van der Waals surface area contributed by atoms with Crippen LogP contribution in [-0.2, 0) is 6.54 Å². The Balaban J connectivity index is 1.75. The summed E-state index contributed by atoms with van der Waals surface area (Å²) in [5.74, 6) is -0.164. The van der Waals surface area contributed by atoms with E-state index in [0.717, 1.165) is 22.2 Å². The van der Waals surface area contributed by atoms with Crippen molar-refractivity contribution in [1.82, 2.24) is 10.2 Å². The van der Waals surface area contributed by atoms with Gasteiger partial charge in [-0.15, -0.1) is 0 Å². The van der Waals surface area contributed by atoms with Crippen LogP contribution < -0.4 is 5.32 Å². The predicted molar refractivity (Wildman–Crippen MR) is 74.6 cm³/mol. The summed E-state index contributed by atoms with van der Waals surface area (Å²) in [4.78, 5) is 0. The highest BCUT2D eigenvalue weighted by Crippen LogP contribution is 2.17. The van der Waals surface area contributed by atoms with Crippen LogP contribution in [0.2, 0.25) is 0 Å². The van der Waals surface area contributed by atoms with Crippen molar-refractivity contribution in [2.24, 2.45) is 0 Å². The van der Waals surface area contributed by atoms with Gasteiger partial charge in [0, 0.05) is 17.6 Å². The van der Waals surface area contributed by atoms with Gasteiger partial charge in [-0.1, -0.05) is 12.1 Å². The van der Waals surface area contributed by atoms with Crippen molar-refractivity contribution >= 4 is 16.6 Å². The Hall–Kier alpha value is -2.36. The minimum absolute atomic E-state index is 0.164. The summed E-state index contributed by atoms with van der Waals surface area (Å²) in [6.45, 7) is 2.44. The zero-order valence-electron chi connectivity index (χ0n) is 10.6. The maximum Gasteiger partial charge on any atom is 0.126 e. The van der Waals surface area contributed by atoms with Crippen LogP contribution in [0.15, 0.2) is 42.6 Å². The molecular weight excluding hydrogens is 241 g/mol. The highest BCUT2D eigenvalue weighted by atomic mass is 19.1. The summed E-state index contributed by atoms with van der Waals surface area (Å²) < 4.78 is 13.2. The SMILES string of the molecule is Cc1cc(CNc2ccc3cn[nH]c3c2)ccc1F. The molecule has 0 radical (unpaired) electrons. The van der Waals surface area contributed by atoms with Crippen molar-refractivity contribution in [2.45, 2.75) is 13.5 Å². The molecular formula is C15H14FN3. The fraction of sp³-hybridized carbons (Fsp3) is 0.133. The first kappa shape index (κ1) is 11.7. The predicted octanol–water partition coefficient (Wildman–Crippen LogP) is 3.62. The largest absolute Gasteiger partial charge is 0.381 e. The van der Waals surface area contributed by atoms with E-state index >= 15 is 0 Å². The molecule has 19 heavy (non-hydrogen) atoms.